The van der Waals surface area contributed by atoms with Crippen LogP contribution in [0, 0.1) is 0 Å². The van der Waals surface area contributed by atoms with Gasteiger partial charge in [0.05, 0.1) is 10.9 Å². The highest BCUT2D eigenvalue weighted by atomic mass is 35.5. The Bertz CT molecular complexity index is 470. The maximum Gasteiger partial charge on any atom is 0.243 e. The van der Waals surface area contributed by atoms with E-state index in [9.17, 15) is 8.42 Å². The number of thiophene rings is 1. The van der Waals surface area contributed by atoms with Crippen LogP contribution in [0.15, 0.2) is 11.0 Å². The van der Waals surface area contributed by atoms with Gasteiger partial charge in [-0.2, -0.15) is 0 Å². The molecule has 1 heterocycles. The molecule has 5 nitrogen and oxygen atoms in total. The third-order valence-corrected chi connectivity index (χ3v) is 5.06. The summed E-state index contributed by atoms with van der Waals surface area (Å²) in [6.07, 6.45) is -0.655. The Kier molecular flexibility index (Phi) is 5.65. The van der Waals surface area contributed by atoms with Crippen molar-refractivity contribution in [1.82, 2.24) is 4.72 Å². The van der Waals surface area contributed by atoms with Crippen molar-refractivity contribution in [1.29, 1.82) is 0 Å². The van der Waals surface area contributed by atoms with Crippen molar-refractivity contribution in [2.24, 2.45) is 0 Å². The Morgan fingerprint density at radius 2 is 2.00 bits per heavy atom. The summed E-state index contributed by atoms with van der Waals surface area (Å²) >= 11 is 12.4. The highest BCUT2D eigenvalue weighted by molar-refractivity contribution is 7.89. The summed E-state index contributed by atoms with van der Waals surface area (Å²) in [5, 5.41) is 0. The van der Waals surface area contributed by atoms with Gasteiger partial charge in [-0.3, -0.25) is 0 Å². The Hall–Kier alpha value is 0.110. The highest BCUT2D eigenvalue weighted by Gasteiger charge is 2.22. The molecule has 0 fully saturated rings. The third-order valence-electron chi connectivity index (χ3n) is 1.88. The van der Waals surface area contributed by atoms with Gasteiger partial charge in [-0.05, 0) is 6.07 Å². The number of methoxy groups -OCH3 is 2. The van der Waals surface area contributed by atoms with E-state index in [0.29, 0.717) is 4.34 Å². The van der Waals surface area contributed by atoms with E-state index >= 15 is 0 Å². The van der Waals surface area contributed by atoms with Crippen LogP contribution >= 0.6 is 34.5 Å². The van der Waals surface area contributed by atoms with E-state index in [1.54, 1.807) is 0 Å². The minimum absolute atomic E-state index is 0.0148. The number of hydrogen-bond donors (Lipinski definition) is 1. The van der Waals surface area contributed by atoms with E-state index in [-0.39, 0.29) is 15.8 Å². The molecule has 0 saturated carbocycles. The van der Waals surface area contributed by atoms with Crippen molar-refractivity contribution in [3.05, 3.63) is 14.7 Å². The summed E-state index contributed by atoms with van der Waals surface area (Å²) in [7, 11) is -0.874. The molecule has 1 aromatic heterocycles. The quantitative estimate of drug-likeness (QED) is 0.814. The second-order valence-corrected chi connectivity index (χ2v) is 6.96. The van der Waals surface area contributed by atoms with Crippen LogP contribution in [0.25, 0.3) is 0 Å². The molecule has 98 valence electrons. The number of ether oxygens (including phenoxy) is 2. The number of hydrogen-bond acceptors (Lipinski definition) is 5. The minimum atomic E-state index is -3.70. The topological polar surface area (TPSA) is 64.6 Å². The van der Waals surface area contributed by atoms with Crippen LogP contribution in [0.5, 0.6) is 0 Å². The maximum atomic E-state index is 11.8. The molecule has 0 aliphatic rings. The van der Waals surface area contributed by atoms with Gasteiger partial charge < -0.3 is 9.47 Å². The van der Waals surface area contributed by atoms with Crippen molar-refractivity contribution in [2.45, 2.75) is 11.2 Å². The second-order valence-electron chi connectivity index (χ2n) is 2.94. The van der Waals surface area contributed by atoms with Crippen LogP contribution in [0.4, 0.5) is 0 Å². The van der Waals surface area contributed by atoms with Crippen molar-refractivity contribution in [2.75, 3.05) is 20.8 Å². The molecule has 9 heteroatoms. The first kappa shape index (κ1) is 15.2. The van der Waals surface area contributed by atoms with Crippen molar-refractivity contribution in [3.8, 4) is 0 Å². The summed E-state index contributed by atoms with van der Waals surface area (Å²) in [6, 6.07) is 1.30. The van der Waals surface area contributed by atoms with Gasteiger partial charge in [0.1, 0.15) is 9.23 Å². The SMILES string of the molecule is COC(CNS(=O)(=O)c1cc(Cl)sc1Cl)OC. The van der Waals surface area contributed by atoms with Gasteiger partial charge in [-0.1, -0.05) is 23.2 Å². The average Bonchev–Trinajstić information content (AvgIpc) is 2.60. The molecule has 0 spiro atoms. The zero-order valence-corrected chi connectivity index (χ0v) is 12.2. The van der Waals surface area contributed by atoms with Crippen molar-refractivity contribution >= 4 is 44.6 Å². The van der Waals surface area contributed by atoms with E-state index in [2.05, 4.69) is 4.72 Å². The summed E-state index contributed by atoms with van der Waals surface area (Å²) in [6.45, 7) is -0.0148. The van der Waals surface area contributed by atoms with Gasteiger partial charge in [-0.25, -0.2) is 13.1 Å². The third kappa shape index (κ3) is 4.06. The zero-order valence-electron chi connectivity index (χ0n) is 9.07. The lowest BCUT2D eigenvalue weighted by atomic mass is 10.6. The lowest BCUT2D eigenvalue weighted by Crippen LogP contribution is -2.34. The molecule has 0 atom stereocenters. The van der Waals surface area contributed by atoms with Gasteiger partial charge in [0.15, 0.2) is 6.29 Å². The van der Waals surface area contributed by atoms with E-state index in [1.807, 2.05) is 0 Å². The molecule has 0 aliphatic carbocycles. The van der Waals surface area contributed by atoms with E-state index in [1.165, 1.54) is 20.3 Å². The number of sulfonamides is 1. The lowest BCUT2D eigenvalue weighted by Gasteiger charge is -2.13. The minimum Gasteiger partial charge on any atom is -0.355 e. The summed E-state index contributed by atoms with van der Waals surface area (Å²) < 4.78 is 36.2. The fourth-order valence-corrected chi connectivity index (χ4v) is 4.19. The first-order valence-corrected chi connectivity index (χ1v) is 7.46. The van der Waals surface area contributed by atoms with E-state index in [0.717, 1.165) is 11.3 Å². The average molecular weight is 320 g/mol. The molecular formula is C8H11Cl2NO4S2. The van der Waals surface area contributed by atoms with E-state index < -0.39 is 16.3 Å². The fraction of sp³-hybridized carbons (Fsp3) is 0.500. The molecule has 0 radical (unpaired) electrons. The largest absolute Gasteiger partial charge is 0.355 e. The summed E-state index contributed by atoms with van der Waals surface area (Å²) in [4.78, 5) is -0.0416. The van der Waals surface area contributed by atoms with Crippen molar-refractivity contribution < 1.29 is 17.9 Å². The molecule has 0 saturated heterocycles. The molecule has 17 heavy (non-hydrogen) atoms. The Morgan fingerprint density at radius 3 is 2.41 bits per heavy atom. The number of rotatable bonds is 6. The van der Waals surface area contributed by atoms with Gasteiger partial charge >= 0.3 is 0 Å². The molecule has 1 aromatic rings. The standard InChI is InChI=1S/C8H11Cl2NO4S2/c1-14-7(15-2)4-11-17(12,13)5-3-6(9)16-8(5)10/h3,7,11H,4H2,1-2H3. The molecule has 0 bridgehead atoms. The zero-order chi connectivity index (χ0) is 13.1. The van der Waals surface area contributed by atoms with Gasteiger partial charge in [-0.15, -0.1) is 11.3 Å². The Balaban J connectivity index is 2.79. The molecule has 0 amide bonds. The molecular weight excluding hydrogens is 309 g/mol. The van der Waals surface area contributed by atoms with Crippen molar-refractivity contribution in [3.63, 3.8) is 0 Å². The molecule has 0 aromatic carbocycles. The maximum absolute atomic E-state index is 11.8. The van der Waals surface area contributed by atoms with Gasteiger partial charge in [0.25, 0.3) is 0 Å². The van der Waals surface area contributed by atoms with Crippen LogP contribution in [-0.4, -0.2) is 35.5 Å². The Labute approximate surface area is 114 Å². The lowest BCUT2D eigenvalue weighted by molar-refractivity contribution is -0.0960. The molecule has 0 aliphatic heterocycles. The fourth-order valence-electron chi connectivity index (χ4n) is 1.03. The molecule has 1 N–H and O–H groups in total. The van der Waals surface area contributed by atoms with Crippen LogP contribution in [0.3, 0.4) is 0 Å². The Morgan fingerprint density at radius 1 is 1.41 bits per heavy atom. The monoisotopic (exact) mass is 319 g/mol. The first-order valence-electron chi connectivity index (χ1n) is 4.40. The van der Waals surface area contributed by atoms with Gasteiger partial charge in [0.2, 0.25) is 10.0 Å². The predicted octanol–water partition coefficient (Wildman–Crippen LogP) is 1.95. The normalized spacial score (nSPS) is 12.3. The predicted molar refractivity (Wildman–Crippen MR) is 67.3 cm³/mol. The molecule has 0 unspecified atom stereocenters. The summed E-state index contributed by atoms with van der Waals surface area (Å²) in [5.74, 6) is 0. The number of halogens is 2. The number of nitrogens with one attached hydrogen (secondary N) is 1. The first-order chi connectivity index (χ1) is 7.90. The summed E-state index contributed by atoms with van der Waals surface area (Å²) in [5.41, 5.74) is 0. The highest BCUT2D eigenvalue weighted by Crippen LogP contribution is 2.33. The van der Waals surface area contributed by atoms with Crippen LogP contribution < -0.4 is 4.72 Å². The van der Waals surface area contributed by atoms with Crippen LogP contribution in [0.1, 0.15) is 0 Å². The van der Waals surface area contributed by atoms with Crippen LogP contribution in [-0.2, 0) is 19.5 Å². The molecule has 1 rings (SSSR count). The smallest absolute Gasteiger partial charge is 0.243 e. The van der Waals surface area contributed by atoms with Gasteiger partial charge in [0, 0.05) is 14.2 Å². The second kappa shape index (κ2) is 6.33. The van der Waals surface area contributed by atoms with Crippen LogP contribution in [0.2, 0.25) is 8.67 Å². The van der Waals surface area contributed by atoms with E-state index in [4.69, 9.17) is 32.7 Å².